The van der Waals surface area contributed by atoms with Gasteiger partial charge in [0.1, 0.15) is 6.61 Å². The average molecular weight is 431 g/mol. The zero-order chi connectivity index (χ0) is 19.0. The van der Waals surface area contributed by atoms with Gasteiger partial charge < -0.3 is 4.74 Å². The highest BCUT2D eigenvalue weighted by molar-refractivity contribution is 9.10. The van der Waals surface area contributed by atoms with Crippen molar-refractivity contribution in [1.82, 2.24) is 4.90 Å². The number of hydrogen-bond acceptors (Lipinski definition) is 5. The SMILES string of the molecule is C[C@H]1ON(c2ccccc2)[C@@H](c2ccc(Br)cc2)[C@@H]1C(=O)N1CCOC1=O. The number of halogens is 1. The molecule has 140 valence electrons. The first-order chi connectivity index (χ1) is 13.1. The molecule has 0 spiro atoms. The molecule has 6 nitrogen and oxygen atoms in total. The summed E-state index contributed by atoms with van der Waals surface area (Å²) in [6, 6.07) is 17.1. The molecule has 2 heterocycles. The standard InChI is InChI=1S/C20H19BrN2O4/c1-13-17(19(24)22-11-12-26-20(22)25)18(14-7-9-15(21)10-8-14)23(27-13)16-5-3-2-4-6-16/h2-10,13,17-18H,11-12H2,1H3/t13-,17-,18+/m1/s1. The number of anilines is 1. The number of rotatable bonds is 3. The Hall–Kier alpha value is -2.38. The number of benzene rings is 2. The summed E-state index contributed by atoms with van der Waals surface area (Å²) in [6.45, 7) is 2.37. The second-order valence-corrected chi connectivity index (χ2v) is 7.51. The molecule has 0 bridgehead atoms. The number of carbonyl (C=O) groups is 2. The number of ether oxygens (including phenoxy) is 1. The summed E-state index contributed by atoms with van der Waals surface area (Å²) in [6.07, 6.45) is -0.973. The number of carbonyl (C=O) groups excluding carboxylic acids is 2. The van der Waals surface area contributed by atoms with Crippen LogP contribution in [0.1, 0.15) is 18.5 Å². The summed E-state index contributed by atoms with van der Waals surface area (Å²) in [7, 11) is 0. The van der Waals surface area contributed by atoms with Crippen LogP contribution in [-0.4, -0.2) is 36.2 Å². The highest BCUT2D eigenvalue weighted by Crippen LogP contribution is 2.43. The summed E-state index contributed by atoms with van der Waals surface area (Å²) in [5.74, 6) is -0.798. The van der Waals surface area contributed by atoms with Gasteiger partial charge in [-0.15, -0.1) is 0 Å². The number of imide groups is 1. The average Bonchev–Trinajstić information content (AvgIpc) is 3.26. The molecule has 2 aliphatic heterocycles. The van der Waals surface area contributed by atoms with E-state index < -0.39 is 12.0 Å². The topological polar surface area (TPSA) is 59.1 Å². The Morgan fingerprint density at radius 1 is 1.11 bits per heavy atom. The van der Waals surface area contributed by atoms with Crippen molar-refractivity contribution in [3.8, 4) is 0 Å². The molecule has 2 aliphatic rings. The van der Waals surface area contributed by atoms with Gasteiger partial charge in [0, 0.05) is 4.47 Å². The van der Waals surface area contributed by atoms with Gasteiger partial charge in [0.25, 0.3) is 0 Å². The van der Waals surface area contributed by atoms with Gasteiger partial charge in [-0.3, -0.25) is 9.63 Å². The minimum atomic E-state index is -0.583. The van der Waals surface area contributed by atoms with Crippen molar-refractivity contribution in [2.45, 2.75) is 19.1 Å². The maximum Gasteiger partial charge on any atom is 0.416 e. The van der Waals surface area contributed by atoms with Crippen molar-refractivity contribution < 1.29 is 19.2 Å². The molecule has 2 saturated heterocycles. The molecule has 2 aromatic rings. The minimum Gasteiger partial charge on any atom is -0.447 e. The summed E-state index contributed by atoms with van der Waals surface area (Å²) in [5, 5.41) is 1.78. The monoisotopic (exact) mass is 430 g/mol. The lowest BCUT2D eigenvalue weighted by atomic mass is 9.88. The Labute approximate surface area is 165 Å². The molecule has 7 heteroatoms. The van der Waals surface area contributed by atoms with E-state index >= 15 is 0 Å². The lowest BCUT2D eigenvalue weighted by molar-refractivity contribution is -0.133. The lowest BCUT2D eigenvalue weighted by Crippen LogP contribution is -2.41. The van der Waals surface area contributed by atoms with E-state index in [1.54, 1.807) is 5.06 Å². The Balaban J connectivity index is 1.75. The molecule has 2 fully saturated rings. The van der Waals surface area contributed by atoms with Crippen LogP contribution in [0.2, 0.25) is 0 Å². The van der Waals surface area contributed by atoms with E-state index in [9.17, 15) is 9.59 Å². The van der Waals surface area contributed by atoms with Gasteiger partial charge in [0.2, 0.25) is 5.91 Å². The fourth-order valence-corrected chi connectivity index (χ4v) is 3.89. The van der Waals surface area contributed by atoms with E-state index in [4.69, 9.17) is 9.57 Å². The molecule has 0 aliphatic carbocycles. The smallest absolute Gasteiger partial charge is 0.416 e. The molecule has 2 amide bonds. The quantitative estimate of drug-likeness (QED) is 0.738. The van der Waals surface area contributed by atoms with Gasteiger partial charge >= 0.3 is 6.09 Å². The van der Waals surface area contributed by atoms with Crippen LogP contribution in [0.3, 0.4) is 0 Å². The zero-order valence-electron chi connectivity index (χ0n) is 14.7. The molecule has 0 N–H and O–H groups in total. The fraction of sp³-hybridized carbons (Fsp3) is 0.300. The summed E-state index contributed by atoms with van der Waals surface area (Å²) in [4.78, 5) is 32.4. The van der Waals surface area contributed by atoms with Gasteiger partial charge in [0.05, 0.1) is 30.3 Å². The first kappa shape index (κ1) is 18.0. The zero-order valence-corrected chi connectivity index (χ0v) is 16.3. The van der Waals surface area contributed by atoms with Gasteiger partial charge in [-0.05, 0) is 36.8 Å². The third kappa shape index (κ3) is 3.33. The number of amides is 2. The Bertz CT molecular complexity index is 843. The summed E-state index contributed by atoms with van der Waals surface area (Å²) >= 11 is 3.45. The number of nitrogens with zero attached hydrogens (tertiary/aromatic N) is 2. The second kappa shape index (κ2) is 7.32. The maximum absolute atomic E-state index is 13.2. The first-order valence-corrected chi connectivity index (χ1v) is 9.60. The largest absolute Gasteiger partial charge is 0.447 e. The maximum atomic E-state index is 13.2. The molecular weight excluding hydrogens is 412 g/mol. The predicted octanol–water partition coefficient (Wildman–Crippen LogP) is 3.93. The van der Waals surface area contributed by atoms with E-state index in [0.29, 0.717) is 0 Å². The van der Waals surface area contributed by atoms with E-state index in [1.165, 1.54) is 4.90 Å². The molecule has 0 aromatic heterocycles. The van der Waals surface area contributed by atoms with Crippen molar-refractivity contribution in [1.29, 1.82) is 0 Å². The third-order valence-electron chi connectivity index (χ3n) is 4.91. The van der Waals surface area contributed by atoms with Gasteiger partial charge in [-0.1, -0.05) is 46.3 Å². The van der Waals surface area contributed by atoms with E-state index in [2.05, 4.69) is 15.9 Å². The van der Waals surface area contributed by atoms with Crippen molar-refractivity contribution >= 4 is 33.6 Å². The number of para-hydroxylation sites is 1. The van der Waals surface area contributed by atoms with Crippen LogP contribution in [0.15, 0.2) is 59.1 Å². The molecule has 4 rings (SSSR count). The fourth-order valence-electron chi connectivity index (χ4n) is 3.62. The molecule has 0 unspecified atom stereocenters. The number of hydroxylamine groups is 1. The molecule has 27 heavy (non-hydrogen) atoms. The van der Waals surface area contributed by atoms with Gasteiger partial charge in [0.15, 0.2) is 0 Å². The van der Waals surface area contributed by atoms with Crippen LogP contribution in [-0.2, 0) is 14.4 Å². The van der Waals surface area contributed by atoms with Crippen molar-refractivity contribution in [2.75, 3.05) is 18.2 Å². The van der Waals surface area contributed by atoms with Crippen LogP contribution in [0, 0.1) is 5.92 Å². The second-order valence-electron chi connectivity index (χ2n) is 6.60. The summed E-state index contributed by atoms with van der Waals surface area (Å²) < 4.78 is 5.91. The minimum absolute atomic E-state index is 0.234. The van der Waals surface area contributed by atoms with Crippen molar-refractivity contribution in [3.05, 3.63) is 64.6 Å². The van der Waals surface area contributed by atoms with E-state index in [1.807, 2.05) is 61.5 Å². The first-order valence-electron chi connectivity index (χ1n) is 8.81. The number of hydrogen-bond donors (Lipinski definition) is 0. The molecule has 3 atom stereocenters. The Kier molecular flexibility index (Phi) is 4.88. The highest BCUT2D eigenvalue weighted by atomic mass is 79.9. The van der Waals surface area contributed by atoms with E-state index in [-0.39, 0.29) is 31.2 Å². The third-order valence-corrected chi connectivity index (χ3v) is 5.44. The van der Waals surface area contributed by atoms with E-state index in [0.717, 1.165) is 15.7 Å². The molecule has 0 radical (unpaired) electrons. The predicted molar refractivity (Wildman–Crippen MR) is 103 cm³/mol. The molecule has 2 aromatic carbocycles. The Morgan fingerprint density at radius 2 is 1.81 bits per heavy atom. The summed E-state index contributed by atoms with van der Waals surface area (Å²) in [5.41, 5.74) is 1.80. The van der Waals surface area contributed by atoms with Crippen LogP contribution >= 0.6 is 15.9 Å². The van der Waals surface area contributed by atoms with Crippen molar-refractivity contribution in [2.24, 2.45) is 5.92 Å². The van der Waals surface area contributed by atoms with Crippen molar-refractivity contribution in [3.63, 3.8) is 0 Å². The normalized spacial score (nSPS) is 25.0. The molecule has 0 saturated carbocycles. The molecular formula is C20H19BrN2O4. The van der Waals surface area contributed by atoms with Crippen LogP contribution in [0.4, 0.5) is 10.5 Å². The van der Waals surface area contributed by atoms with Crippen LogP contribution in [0.5, 0.6) is 0 Å². The van der Waals surface area contributed by atoms with Gasteiger partial charge in [-0.25, -0.2) is 14.8 Å². The van der Waals surface area contributed by atoms with Crippen LogP contribution < -0.4 is 5.06 Å². The highest BCUT2D eigenvalue weighted by Gasteiger charge is 2.49. The van der Waals surface area contributed by atoms with Crippen LogP contribution in [0.25, 0.3) is 0 Å². The number of cyclic esters (lactones) is 1. The lowest BCUT2D eigenvalue weighted by Gasteiger charge is -2.28. The van der Waals surface area contributed by atoms with Gasteiger partial charge in [-0.2, -0.15) is 0 Å². The Morgan fingerprint density at radius 3 is 2.44 bits per heavy atom.